The third-order valence-electron chi connectivity index (χ3n) is 2.95. The molecule has 0 saturated heterocycles. The molecule has 0 unspecified atom stereocenters. The predicted octanol–water partition coefficient (Wildman–Crippen LogP) is 0.0291. The van der Waals surface area contributed by atoms with Crippen LogP contribution in [0.2, 0.25) is 0 Å². The average Bonchev–Trinajstić information content (AvgIpc) is 2.77. The first kappa shape index (κ1) is 14.4. The van der Waals surface area contributed by atoms with Crippen LogP contribution in [-0.2, 0) is 6.54 Å². The van der Waals surface area contributed by atoms with E-state index in [1.807, 2.05) is 0 Å². The van der Waals surface area contributed by atoms with Gasteiger partial charge in [0.15, 0.2) is 5.69 Å². The molecule has 0 aliphatic carbocycles. The van der Waals surface area contributed by atoms with Gasteiger partial charge in [-0.15, -0.1) is 0 Å². The van der Waals surface area contributed by atoms with E-state index < -0.39 is 4.92 Å². The van der Waals surface area contributed by atoms with Crippen LogP contribution in [0.15, 0.2) is 24.4 Å². The Morgan fingerprint density at radius 2 is 2.00 bits per heavy atom. The van der Waals surface area contributed by atoms with Crippen molar-refractivity contribution in [3.63, 3.8) is 0 Å². The minimum atomic E-state index is -0.467. The zero-order valence-corrected chi connectivity index (χ0v) is 10.8. The van der Waals surface area contributed by atoms with Crippen molar-refractivity contribution in [1.82, 2.24) is 14.3 Å². The maximum Gasteiger partial charge on any atom is 0.352 e. The first-order valence-electron chi connectivity index (χ1n) is 6.21. The molecule has 2 aromatic rings. The zero-order chi connectivity index (χ0) is 14.5. The molecule has 0 amide bonds. The monoisotopic (exact) mass is 280 g/mol. The molecule has 8 nitrogen and oxygen atoms in total. The van der Waals surface area contributed by atoms with Gasteiger partial charge in [0.05, 0.1) is 19.4 Å². The Labute approximate surface area is 115 Å². The molecule has 0 fully saturated rings. The number of hydrogen-bond acceptors (Lipinski definition) is 6. The van der Waals surface area contributed by atoms with Gasteiger partial charge in [-0.05, 0) is 11.0 Å². The van der Waals surface area contributed by atoms with E-state index in [0.717, 1.165) is 0 Å². The molecule has 8 heteroatoms. The fourth-order valence-corrected chi connectivity index (χ4v) is 2.10. The summed E-state index contributed by atoms with van der Waals surface area (Å²) in [5.41, 5.74) is 0.824. The summed E-state index contributed by atoms with van der Waals surface area (Å²) in [5.74, 6) is -0.0820. The first-order valence-corrected chi connectivity index (χ1v) is 6.21. The standard InChI is InChI=1S/C12H16N4O4/c17-7-5-14(6-8-18)9-10-12(16(19)20)15-4-2-1-3-11(15)13-10/h1-4,17-18H,5-9H2. The minimum Gasteiger partial charge on any atom is -0.395 e. The number of fused-ring (bicyclic) bond motifs is 1. The van der Waals surface area contributed by atoms with Gasteiger partial charge < -0.3 is 20.3 Å². The van der Waals surface area contributed by atoms with Gasteiger partial charge in [-0.3, -0.25) is 4.90 Å². The lowest BCUT2D eigenvalue weighted by Crippen LogP contribution is -2.29. The number of hydrogen-bond donors (Lipinski definition) is 2. The van der Waals surface area contributed by atoms with Gasteiger partial charge >= 0.3 is 5.82 Å². The van der Waals surface area contributed by atoms with E-state index in [9.17, 15) is 10.1 Å². The van der Waals surface area contributed by atoms with Gasteiger partial charge in [0, 0.05) is 25.7 Å². The second kappa shape index (κ2) is 6.42. The highest BCUT2D eigenvalue weighted by molar-refractivity contribution is 5.48. The Morgan fingerprint density at radius 3 is 2.60 bits per heavy atom. The number of pyridine rings is 1. The molecular weight excluding hydrogens is 264 g/mol. The summed E-state index contributed by atoms with van der Waals surface area (Å²) in [4.78, 5) is 16.7. The number of aliphatic hydroxyl groups is 2. The fraction of sp³-hybridized carbons (Fsp3) is 0.417. The Hall–Kier alpha value is -2.03. The van der Waals surface area contributed by atoms with Crippen LogP contribution in [0.25, 0.3) is 5.65 Å². The molecule has 0 saturated carbocycles. The van der Waals surface area contributed by atoms with Gasteiger partial charge in [0.25, 0.3) is 0 Å². The molecule has 2 rings (SSSR count). The SMILES string of the molecule is O=[N+]([O-])c1c(CN(CCO)CCO)nc2ccccn12. The van der Waals surface area contributed by atoms with E-state index in [0.29, 0.717) is 24.4 Å². The van der Waals surface area contributed by atoms with E-state index in [-0.39, 0.29) is 25.6 Å². The molecule has 0 atom stereocenters. The normalized spacial score (nSPS) is 11.3. The Bertz CT molecular complexity index is 592. The Kier molecular flexibility index (Phi) is 4.61. The molecule has 0 bridgehead atoms. The van der Waals surface area contributed by atoms with E-state index >= 15 is 0 Å². The number of aromatic nitrogens is 2. The van der Waals surface area contributed by atoms with Crippen molar-refractivity contribution in [1.29, 1.82) is 0 Å². The number of imidazole rings is 1. The van der Waals surface area contributed by atoms with Crippen LogP contribution in [0.4, 0.5) is 5.82 Å². The highest BCUT2D eigenvalue weighted by Crippen LogP contribution is 2.21. The van der Waals surface area contributed by atoms with Crippen LogP contribution >= 0.6 is 0 Å². The lowest BCUT2D eigenvalue weighted by Gasteiger charge is -2.18. The van der Waals surface area contributed by atoms with Crippen molar-refractivity contribution in [2.24, 2.45) is 0 Å². The second-order valence-corrected chi connectivity index (χ2v) is 4.29. The summed E-state index contributed by atoms with van der Waals surface area (Å²) in [5, 5.41) is 29.2. The Balaban J connectivity index is 2.37. The Morgan fingerprint density at radius 1 is 1.30 bits per heavy atom. The van der Waals surface area contributed by atoms with Crippen LogP contribution in [0, 0.1) is 10.1 Å². The number of nitro groups is 1. The van der Waals surface area contributed by atoms with Crippen molar-refractivity contribution in [3.8, 4) is 0 Å². The number of rotatable bonds is 7. The quantitative estimate of drug-likeness (QED) is 0.547. The maximum absolute atomic E-state index is 11.2. The molecule has 0 spiro atoms. The molecule has 108 valence electrons. The minimum absolute atomic E-state index is 0.0820. The number of nitrogens with zero attached hydrogens (tertiary/aromatic N) is 4. The molecule has 0 radical (unpaired) electrons. The van der Waals surface area contributed by atoms with Crippen molar-refractivity contribution < 1.29 is 15.1 Å². The van der Waals surface area contributed by atoms with Crippen LogP contribution in [0.1, 0.15) is 5.69 Å². The first-order chi connectivity index (χ1) is 9.67. The lowest BCUT2D eigenvalue weighted by molar-refractivity contribution is -0.391. The fourth-order valence-electron chi connectivity index (χ4n) is 2.10. The van der Waals surface area contributed by atoms with Gasteiger partial charge in [-0.1, -0.05) is 6.07 Å². The van der Waals surface area contributed by atoms with E-state index in [1.54, 1.807) is 29.3 Å². The third kappa shape index (κ3) is 2.93. The molecule has 0 aliphatic heterocycles. The predicted molar refractivity (Wildman–Crippen MR) is 71.3 cm³/mol. The van der Waals surface area contributed by atoms with Crippen molar-refractivity contribution in [2.45, 2.75) is 6.54 Å². The topological polar surface area (TPSA) is 104 Å². The van der Waals surface area contributed by atoms with Gasteiger partial charge in [0.1, 0.15) is 0 Å². The van der Waals surface area contributed by atoms with Crippen LogP contribution in [0.3, 0.4) is 0 Å². The summed E-state index contributed by atoms with van der Waals surface area (Å²) < 4.78 is 1.42. The molecule has 0 aliphatic rings. The van der Waals surface area contributed by atoms with Gasteiger partial charge in [-0.2, -0.15) is 4.40 Å². The molecule has 2 aromatic heterocycles. The second-order valence-electron chi connectivity index (χ2n) is 4.29. The molecular formula is C12H16N4O4. The summed E-state index contributed by atoms with van der Waals surface area (Å²) in [6, 6.07) is 5.15. The van der Waals surface area contributed by atoms with E-state index in [2.05, 4.69) is 4.98 Å². The average molecular weight is 280 g/mol. The van der Waals surface area contributed by atoms with E-state index in [4.69, 9.17) is 10.2 Å². The van der Waals surface area contributed by atoms with E-state index in [1.165, 1.54) is 4.40 Å². The molecule has 20 heavy (non-hydrogen) atoms. The van der Waals surface area contributed by atoms with Crippen molar-refractivity contribution in [3.05, 3.63) is 40.2 Å². The smallest absolute Gasteiger partial charge is 0.352 e. The molecule has 2 N–H and O–H groups in total. The molecule has 2 heterocycles. The summed E-state index contributed by atoms with van der Waals surface area (Å²) in [6.45, 7) is 0.693. The van der Waals surface area contributed by atoms with Crippen LogP contribution in [-0.4, -0.2) is 55.7 Å². The van der Waals surface area contributed by atoms with Gasteiger partial charge in [0.2, 0.25) is 5.65 Å². The maximum atomic E-state index is 11.2. The van der Waals surface area contributed by atoms with Crippen LogP contribution < -0.4 is 0 Å². The van der Waals surface area contributed by atoms with Gasteiger partial charge in [-0.25, -0.2) is 4.98 Å². The zero-order valence-electron chi connectivity index (χ0n) is 10.8. The summed E-state index contributed by atoms with van der Waals surface area (Å²) in [6.07, 6.45) is 1.59. The largest absolute Gasteiger partial charge is 0.395 e. The van der Waals surface area contributed by atoms with Crippen molar-refractivity contribution in [2.75, 3.05) is 26.3 Å². The highest BCUT2D eigenvalue weighted by atomic mass is 16.6. The lowest BCUT2D eigenvalue weighted by atomic mass is 10.3. The third-order valence-corrected chi connectivity index (χ3v) is 2.95. The number of aliphatic hydroxyl groups excluding tert-OH is 2. The van der Waals surface area contributed by atoms with Crippen molar-refractivity contribution >= 4 is 11.5 Å². The molecule has 0 aromatic carbocycles. The highest BCUT2D eigenvalue weighted by Gasteiger charge is 2.23. The van der Waals surface area contributed by atoms with Crippen LogP contribution in [0.5, 0.6) is 0 Å². The summed E-state index contributed by atoms with van der Waals surface area (Å²) >= 11 is 0. The summed E-state index contributed by atoms with van der Waals surface area (Å²) in [7, 11) is 0.